The predicted molar refractivity (Wildman–Crippen MR) is 132 cm³/mol. The van der Waals surface area contributed by atoms with Gasteiger partial charge in [-0.1, -0.05) is 31.4 Å². The van der Waals surface area contributed by atoms with Crippen LogP contribution in [0.2, 0.25) is 0 Å². The lowest BCUT2D eigenvalue weighted by molar-refractivity contribution is -0.120. The molecule has 0 heterocycles. The molecule has 0 bridgehead atoms. The van der Waals surface area contributed by atoms with Gasteiger partial charge in [0.05, 0.1) is 13.2 Å². The first kappa shape index (κ1) is 26.5. The van der Waals surface area contributed by atoms with Gasteiger partial charge in [0.1, 0.15) is 12.4 Å². The molecule has 3 N–H and O–H groups in total. The Morgan fingerprint density at radius 1 is 1.17 bits per heavy atom. The summed E-state index contributed by atoms with van der Waals surface area (Å²) in [7, 11) is 1.70. The standard InChI is InChI=1S/C22H36N4O3.HI/c1-4-28-12-13-29-20-14-17(2)10-11-18(20)15-24-22(23-3)25-16-21(27)26-19-8-6-5-7-9-19;/h10-11,14,19H,4-9,12-13,15-16H2,1-3H3,(H,26,27)(H2,23,24,25);1H. The van der Waals surface area contributed by atoms with Crippen LogP contribution in [0.25, 0.3) is 0 Å². The van der Waals surface area contributed by atoms with Gasteiger partial charge < -0.3 is 25.4 Å². The van der Waals surface area contributed by atoms with Crippen LogP contribution in [0.4, 0.5) is 0 Å². The van der Waals surface area contributed by atoms with Gasteiger partial charge in [-0.25, -0.2) is 0 Å². The monoisotopic (exact) mass is 532 g/mol. The fraction of sp³-hybridized carbons (Fsp3) is 0.636. The average Bonchev–Trinajstić information content (AvgIpc) is 2.73. The maximum Gasteiger partial charge on any atom is 0.239 e. The van der Waals surface area contributed by atoms with E-state index in [0.29, 0.717) is 38.4 Å². The number of nitrogens with one attached hydrogen (secondary N) is 3. The number of halogens is 1. The maximum absolute atomic E-state index is 12.2. The number of amides is 1. The van der Waals surface area contributed by atoms with E-state index in [2.05, 4.69) is 27.0 Å². The zero-order valence-corrected chi connectivity index (χ0v) is 20.8. The van der Waals surface area contributed by atoms with Gasteiger partial charge >= 0.3 is 0 Å². The summed E-state index contributed by atoms with van der Waals surface area (Å²) in [6.07, 6.45) is 5.84. The predicted octanol–water partition coefficient (Wildman–Crippen LogP) is 3.14. The van der Waals surface area contributed by atoms with Crippen LogP contribution in [0.3, 0.4) is 0 Å². The summed E-state index contributed by atoms with van der Waals surface area (Å²) in [5.74, 6) is 1.43. The fourth-order valence-electron chi connectivity index (χ4n) is 3.39. The molecule has 0 radical (unpaired) electrons. The smallest absolute Gasteiger partial charge is 0.239 e. The quantitative estimate of drug-likeness (QED) is 0.187. The topological polar surface area (TPSA) is 84.0 Å². The second-order valence-electron chi connectivity index (χ2n) is 7.34. The Hall–Kier alpha value is -1.55. The van der Waals surface area contributed by atoms with Gasteiger partial charge in [-0.05, 0) is 38.3 Å². The van der Waals surface area contributed by atoms with Crippen molar-refractivity contribution in [3.8, 4) is 5.75 Å². The van der Waals surface area contributed by atoms with Crippen molar-refractivity contribution >= 4 is 35.8 Å². The lowest BCUT2D eigenvalue weighted by Crippen LogP contribution is -2.45. The molecule has 7 nitrogen and oxygen atoms in total. The van der Waals surface area contributed by atoms with Gasteiger partial charge in [0.15, 0.2) is 5.96 Å². The lowest BCUT2D eigenvalue weighted by atomic mass is 9.95. The normalized spacial score (nSPS) is 14.6. The van der Waals surface area contributed by atoms with E-state index in [4.69, 9.17) is 9.47 Å². The second kappa shape index (κ2) is 15.3. The van der Waals surface area contributed by atoms with Gasteiger partial charge in [-0.3, -0.25) is 9.79 Å². The molecule has 170 valence electrons. The molecular weight excluding hydrogens is 495 g/mol. The number of benzene rings is 1. The van der Waals surface area contributed by atoms with Crippen molar-refractivity contribution in [3.63, 3.8) is 0 Å². The van der Waals surface area contributed by atoms with Crippen LogP contribution in [0.5, 0.6) is 5.75 Å². The molecule has 0 saturated heterocycles. The van der Waals surface area contributed by atoms with Crippen molar-refractivity contribution in [1.29, 1.82) is 0 Å². The molecule has 2 rings (SSSR count). The van der Waals surface area contributed by atoms with E-state index in [1.165, 1.54) is 19.3 Å². The average molecular weight is 532 g/mol. The van der Waals surface area contributed by atoms with E-state index in [0.717, 1.165) is 29.7 Å². The molecule has 30 heavy (non-hydrogen) atoms. The zero-order valence-electron chi connectivity index (χ0n) is 18.5. The minimum atomic E-state index is 0. The molecule has 0 unspecified atom stereocenters. The minimum absolute atomic E-state index is 0. The van der Waals surface area contributed by atoms with Crippen LogP contribution < -0.4 is 20.7 Å². The third kappa shape index (κ3) is 9.97. The highest BCUT2D eigenvalue weighted by molar-refractivity contribution is 14.0. The maximum atomic E-state index is 12.2. The van der Waals surface area contributed by atoms with Crippen LogP contribution in [0.15, 0.2) is 23.2 Å². The molecular formula is C22H37IN4O3. The third-order valence-electron chi connectivity index (χ3n) is 4.97. The van der Waals surface area contributed by atoms with E-state index in [9.17, 15) is 4.79 Å². The Balaban J connectivity index is 0.00000450. The fourth-order valence-corrected chi connectivity index (χ4v) is 3.39. The van der Waals surface area contributed by atoms with Crippen LogP contribution >= 0.6 is 24.0 Å². The molecule has 1 fully saturated rings. The molecule has 1 amide bonds. The van der Waals surface area contributed by atoms with Gasteiger partial charge in [-0.15, -0.1) is 24.0 Å². The molecule has 0 spiro atoms. The first-order valence-corrected chi connectivity index (χ1v) is 10.7. The number of guanidine groups is 1. The van der Waals surface area contributed by atoms with Crippen LogP contribution in [-0.2, 0) is 16.1 Å². The number of ether oxygens (including phenoxy) is 2. The summed E-state index contributed by atoms with van der Waals surface area (Å²) in [5, 5.41) is 9.44. The highest BCUT2D eigenvalue weighted by Crippen LogP contribution is 2.20. The van der Waals surface area contributed by atoms with E-state index >= 15 is 0 Å². The molecule has 0 aliphatic heterocycles. The number of carbonyl (C=O) groups excluding carboxylic acids is 1. The van der Waals surface area contributed by atoms with Crippen LogP contribution in [-0.4, -0.2) is 51.3 Å². The summed E-state index contributed by atoms with van der Waals surface area (Å²) in [5.41, 5.74) is 2.17. The number of rotatable bonds is 10. The number of aliphatic imine (C=N–C) groups is 1. The summed E-state index contributed by atoms with van der Waals surface area (Å²) in [4.78, 5) is 16.4. The van der Waals surface area contributed by atoms with Gasteiger partial charge in [0.2, 0.25) is 5.91 Å². The van der Waals surface area contributed by atoms with Gasteiger partial charge in [-0.2, -0.15) is 0 Å². The zero-order chi connectivity index (χ0) is 20.9. The number of carbonyl (C=O) groups is 1. The lowest BCUT2D eigenvalue weighted by Gasteiger charge is -2.23. The molecule has 0 aromatic heterocycles. The Bertz CT molecular complexity index is 664. The highest BCUT2D eigenvalue weighted by atomic mass is 127. The SMILES string of the molecule is CCOCCOc1cc(C)ccc1CNC(=NC)NCC(=O)NC1CCCCC1.I. The van der Waals surface area contributed by atoms with Gasteiger partial charge in [0.25, 0.3) is 0 Å². The number of aryl methyl sites for hydroxylation is 1. The van der Waals surface area contributed by atoms with Crippen LogP contribution in [0, 0.1) is 6.92 Å². The first-order chi connectivity index (χ1) is 14.1. The van der Waals surface area contributed by atoms with Crippen molar-refractivity contribution in [2.45, 2.75) is 58.5 Å². The summed E-state index contributed by atoms with van der Waals surface area (Å²) in [6.45, 7) is 6.53. The molecule has 0 atom stereocenters. The Kier molecular flexibility index (Phi) is 13.5. The molecule has 1 aliphatic rings. The third-order valence-corrected chi connectivity index (χ3v) is 4.97. The number of hydrogen-bond acceptors (Lipinski definition) is 4. The molecule has 1 aliphatic carbocycles. The molecule has 1 aromatic carbocycles. The second-order valence-corrected chi connectivity index (χ2v) is 7.34. The largest absolute Gasteiger partial charge is 0.491 e. The number of nitrogens with zero attached hydrogens (tertiary/aromatic N) is 1. The molecule has 8 heteroatoms. The summed E-state index contributed by atoms with van der Waals surface area (Å²) < 4.78 is 11.2. The van der Waals surface area contributed by atoms with E-state index in [-0.39, 0.29) is 36.4 Å². The highest BCUT2D eigenvalue weighted by Gasteiger charge is 2.15. The number of hydrogen-bond donors (Lipinski definition) is 3. The van der Waals surface area contributed by atoms with Crippen molar-refractivity contribution in [1.82, 2.24) is 16.0 Å². The summed E-state index contributed by atoms with van der Waals surface area (Å²) >= 11 is 0. The van der Waals surface area contributed by atoms with Crippen LogP contribution in [0.1, 0.15) is 50.2 Å². The van der Waals surface area contributed by atoms with Crippen molar-refractivity contribution in [2.24, 2.45) is 4.99 Å². The van der Waals surface area contributed by atoms with Crippen molar-refractivity contribution in [3.05, 3.63) is 29.3 Å². The Morgan fingerprint density at radius 2 is 1.93 bits per heavy atom. The first-order valence-electron chi connectivity index (χ1n) is 10.7. The van der Waals surface area contributed by atoms with E-state index in [1.54, 1.807) is 7.05 Å². The van der Waals surface area contributed by atoms with E-state index < -0.39 is 0 Å². The Labute approximate surface area is 197 Å². The van der Waals surface area contributed by atoms with E-state index in [1.807, 2.05) is 26.0 Å². The molecule has 1 saturated carbocycles. The minimum Gasteiger partial charge on any atom is -0.491 e. The van der Waals surface area contributed by atoms with Crippen molar-refractivity contribution < 1.29 is 14.3 Å². The van der Waals surface area contributed by atoms with Gasteiger partial charge in [0, 0.05) is 31.8 Å². The Morgan fingerprint density at radius 3 is 2.63 bits per heavy atom. The summed E-state index contributed by atoms with van der Waals surface area (Å²) in [6, 6.07) is 6.44. The van der Waals surface area contributed by atoms with Crippen molar-refractivity contribution in [2.75, 3.05) is 33.4 Å². The molecule has 1 aromatic rings.